The SMILES string of the molecule is CCOC(=O)c1ccc(-c2ccc(CNc3ccc([N+](=O)[O-])c[nH+]3)o2)cc1. The van der Waals surface area contributed by atoms with Crippen LogP contribution in [0.2, 0.25) is 0 Å². The summed E-state index contributed by atoms with van der Waals surface area (Å²) in [6, 6.07) is 13.7. The van der Waals surface area contributed by atoms with Crippen molar-refractivity contribution in [3.63, 3.8) is 0 Å². The van der Waals surface area contributed by atoms with Gasteiger partial charge in [0.2, 0.25) is 0 Å². The van der Waals surface area contributed by atoms with Gasteiger partial charge in [-0.3, -0.25) is 15.4 Å². The van der Waals surface area contributed by atoms with Gasteiger partial charge in [-0.25, -0.2) is 9.78 Å². The molecule has 0 aliphatic rings. The van der Waals surface area contributed by atoms with Crippen LogP contribution in [0.5, 0.6) is 0 Å². The Morgan fingerprint density at radius 3 is 2.59 bits per heavy atom. The van der Waals surface area contributed by atoms with Gasteiger partial charge in [-0.05, 0) is 31.2 Å². The summed E-state index contributed by atoms with van der Waals surface area (Å²) >= 11 is 0. The zero-order valence-electron chi connectivity index (χ0n) is 14.6. The lowest BCUT2D eigenvalue weighted by Crippen LogP contribution is -2.12. The van der Waals surface area contributed by atoms with E-state index in [0.717, 1.165) is 5.56 Å². The normalized spacial score (nSPS) is 10.4. The molecular formula is C19H18N3O5+. The highest BCUT2D eigenvalue weighted by molar-refractivity contribution is 5.89. The molecule has 27 heavy (non-hydrogen) atoms. The Morgan fingerprint density at radius 2 is 1.96 bits per heavy atom. The molecule has 2 heterocycles. The van der Waals surface area contributed by atoms with E-state index < -0.39 is 4.92 Å². The number of hydrogen-bond acceptors (Lipinski definition) is 6. The summed E-state index contributed by atoms with van der Waals surface area (Å²) in [7, 11) is 0. The highest BCUT2D eigenvalue weighted by Gasteiger charge is 2.12. The van der Waals surface area contributed by atoms with Crippen LogP contribution in [0.1, 0.15) is 23.0 Å². The number of carbonyl (C=O) groups excluding carboxylic acids is 1. The van der Waals surface area contributed by atoms with E-state index in [4.69, 9.17) is 9.15 Å². The Balaban J connectivity index is 1.62. The molecule has 0 aliphatic heterocycles. The number of nitrogens with one attached hydrogen (secondary N) is 2. The predicted molar refractivity (Wildman–Crippen MR) is 97.1 cm³/mol. The van der Waals surface area contributed by atoms with Crippen LogP contribution in [-0.4, -0.2) is 17.5 Å². The van der Waals surface area contributed by atoms with Crippen LogP contribution in [-0.2, 0) is 11.3 Å². The molecule has 138 valence electrons. The van der Waals surface area contributed by atoms with Gasteiger partial charge in [-0.15, -0.1) is 0 Å². The predicted octanol–water partition coefficient (Wildman–Crippen LogP) is 3.46. The molecule has 8 heteroatoms. The molecule has 0 unspecified atom stereocenters. The second-order valence-electron chi connectivity index (χ2n) is 5.63. The van der Waals surface area contributed by atoms with Crippen molar-refractivity contribution in [2.45, 2.75) is 13.5 Å². The topological polar surface area (TPSA) is 109 Å². The van der Waals surface area contributed by atoms with Crippen LogP contribution >= 0.6 is 0 Å². The second kappa shape index (κ2) is 8.13. The van der Waals surface area contributed by atoms with E-state index in [1.165, 1.54) is 12.3 Å². The van der Waals surface area contributed by atoms with E-state index in [-0.39, 0.29) is 11.7 Å². The van der Waals surface area contributed by atoms with E-state index >= 15 is 0 Å². The molecule has 0 spiro atoms. The highest BCUT2D eigenvalue weighted by Crippen LogP contribution is 2.23. The largest absolute Gasteiger partial charge is 0.462 e. The third-order valence-electron chi connectivity index (χ3n) is 3.80. The number of hydrogen-bond donors (Lipinski definition) is 1. The third-order valence-corrected chi connectivity index (χ3v) is 3.80. The quantitative estimate of drug-likeness (QED) is 0.389. The van der Waals surface area contributed by atoms with Crippen molar-refractivity contribution in [2.24, 2.45) is 0 Å². The molecular weight excluding hydrogens is 350 g/mol. The van der Waals surface area contributed by atoms with Crippen molar-refractivity contribution in [1.29, 1.82) is 0 Å². The number of carbonyl (C=O) groups is 1. The second-order valence-corrected chi connectivity index (χ2v) is 5.63. The van der Waals surface area contributed by atoms with E-state index in [1.807, 2.05) is 12.1 Å². The van der Waals surface area contributed by atoms with E-state index in [0.29, 0.717) is 36.1 Å². The molecule has 2 N–H and O–H groups in total. The van der Waals surface area contributed by atoms with Crippen molar-refractivity contribution in [3.05, 3.63) is 76.2 Å². The Hall–Kier alpha value is -3.68. The first-order valence-electron chi connectivity index (χ1n) is 8.33. The standard InChI is InChI=1S/C19H17N3O5/c1-2-26-19(23)14-5-3-13(4-6-14)17-9-8-16(27-17)12-21-18-10-7-15(11-20-18)22(24)25/h3-11H,2,12H2,1H3,(H,20,21)/p+1. The summed E-state index contributed by atoms with van der Waals surface area (Å²) in [5, 5.41) is 13.7. The lowest BCUT2D eigenvalue weighted by molar-refractivity contribution is -0.413. The molecule has 8 nitrogen and oxygen atoms in total. The van der Waals surface area contributed by atoms with Crippen molar-refractivity contribution < 1.29 is 23.9 Å². The van der Waals surface area contributed by atoms with Gasteiger partial charge in [0.15, 0.2) is 6.20 Å². The summed E-state index contributed by atoms with van der Waals surface area (Å²) in [6.45, 7) is 2.51. The minimum Gasteiger partial charge on any atom is -0.462 e. The van der Waals surface area contributed by atoms with Gasteiger partial charge in [-0.1, -0.05) is 12.1 Å². The molecule has 0 aliphatic carbocycles. The number of esters is 1. The maximum atomic E-state index is 11.7. The fraction of sp³-hybridized carbons (Fsp3) is 0.158. The van der Waals surface area contributed by atoms with Crippen molar-refractivity contribution in [2.75, 3.05) is 11.9 Å². The van der Waals surface area contributed by atoms with Gasteiger partial charge in [0.05, 0.1) is 17.1 Å². The molecule has 0 fully saturated rings. The molecule has 0 saturated heterocycles. The van der Waals surface area contributed by atoms with Crippen molar-refractivity contribution in [1.82, 2.24) is 0 Å². The average molecular weight is 368 g/mol. The van der Waals surface area contributed by atoms with Crippen LogP contribution in [0.4, 0.5) is 11.5 Å². The Kier molecular flexibility index (Phi) is 5.46. The van der Waals surface area contributed by atoms with E-state index in [2.05, 4.69) is 10.3 Å². The van der Waals surface area contributed by atoms with Crippen molar-refractivity contribution in [3.8, 4) is 11.3 Å². The minimum absolute atomic E-state index is 0.00731. The lowest BCUT2D eigenvalue weighted by Gasteiger charge is -2.02. The molecule has 2 aromatic heterocycles. The Bertz CT molecular complexity index is 933. The van der Waals surface area contributed by atoms with E-state index in [9.17, 15) is 14.9 Å². The molecule has 0 saturated carbocycles. The first-order chi connectivity index (χ1) is 13.1. The number of ether oxygens (including phenoxy) is 1. The molecule has 3 aromatic rings. The number of furan rings is 1. The van der Waals surface area contributed by atoms with Crippen LogP contribution < -0.4 is 10.3 Å². The number of nitrogens with zero attached hydrogens (tertiary/aromatic N) is 1. The monoisotopic (exact) mass is 368 g/mol. The van der Waals surface area contributed by atoms with Gasteiger partial charge in [0, 0.05) is 17.7 Å². The fourth-order valence-electron chi connectivity index (χ4n) is 2.44. The maximum absolute atomic E-state index is 11.7. The molecule has 0 bridgehead atoms. The first-order valence-corrected chi connectivity index (χ1v) is 8.33. The minimum atomic E-state index is -0.466. The van der Waals surface area contributed by atoms with E-state index in [1.54, 1.807) is 37.3 Å². The zero-order valence-corrected chi connectivity index (χ0v) is 14.6. The van der Waals surface area contributed by atoms with Crippen molar-refractivity contribution >= 4 is 17.5 Å². The number of H-pyrrole nitrogens is 1. The van der Waals surface area contributed by atoms with Gasteiger partial charge in [-0.2, -0.15) is 0 Å². The van der Waals surface area contributed by atoms with Crippen LogP contribution in [0.3, 0.4) is 0 Å². The average Bonchev–Trinajstić information content (AvgIpc) is 3.16. The molecule has 3 rings (SSSR count). The van der Waals surface area contributed by atoms with Gasteiger partial charge >= 0.3 is 11.7 Å². The summed E-state index contributed by atoms with van der Waals surface area (Å²) in [5.41, 5.74) is 1.33. The number of pyridine rings is 1. The number of anilines is 1. The molecule has 0 amide bonds. The summed E-state index contributed by atoms with van der Waals surface area (Å²) in [4.78, 5) is 24.7. The maximum Gasteiger partial charge on any atom is 0.338 e. The number of aromatic nitrogens is 1. The summed E-state index contributed by atoms with van der Waals surface area (Å²) in [5.74, 6) is 1.66. The van der Waals surface area contributed by atoms with Crippen LogP contribution in [0.25, 0.3) is 11.3 Å². The Morgan fingerprint density at radius 1 is 1.19 bits per heavy atom. The Labute approximate surface area is 154 Å². The summed E-state index contributed by atoms with van der Waals surface area (Å²) in [6.07, 6.45) is 1.32. The number of nitro groups is 1. The van der Waals surface area contributed by atoms with Gasteiger partial charge in [0.1, 0.15) is 18.1 Å². The molecule has 0 radical (unpaired) electrons. The highest BCUT2D eigenvalue weighted by atomic mass is 16.6. The molecule has 1 aromatic carbocycles. The zero-order chi connectivity index (χ0) is 19.2. The van der Waals surface area contributed by atoms with Crippen LogP contribution in [0.15, 0.2) is 59.1 Å². The van der Waals surface area contributed by atoms with Gasteiger partial charge in [0.25, 0.3) is 5.82 Å². The lowest BCUT2D eigenvalue weighted by atomic mass is 10.1. The molecule has 0 atom stereocenters. The van der Waals surface area contributed by atoms with Gasteiger partial charge < -0.3 is 9.15 Å². The van der Waals surface area contributed by atoms with Crippen LogP contribution in [0, 0.1) is 10.1 Å². The number of rotatable bonds is 7. The number of benzene rings is 1. The smallest absolute Gasteiger partial charge is 0.338 e. The summed E-state index contributed by atoms with van der Waals surface area (Å²) < 4.78 is 10.8. The first kappa shape index (κ1) is 18.1. The fourth-order valence-corrected chi connectivity index (χ4v) is 2.44. The number of aromatic amines is 1. The third kappa shape index (κ3) is 4.49.